The minimum absolute atomic E-state index is 0. The largest absolute Gasteiger partial charge is 0.282 e. The first-order valence-electron chi connectivity index (χ1n) is 5.39. The first-order valence-corrected chi connectivity index (χ1v) is 8.27. The molecular formula is C12H22OS3. The van der Waals surface area contributed by atoms with E-state index in [2.05, 4.69) is 30.1 Å². The third-order valence-electron chi connectivity index (χ3n) is 2.82. The summed E-state index contributed by atoms with van der Waals surface area (Å²) in [6.45, 7) is 3.49. The van der Waals surface area contributed by atoms with Crippen molar-refractivity contribution >= 4 is 40.4 Å². The van der Waals surface area contributed by atoms with Crippen LogP contribution in [0.3, 0.4) is 0 Å². The molecule has 4 heteroatoms. The van der Waals surface area contributed by atoms with Gasteiger partial charge in [0, 0.05) is 17.7 Å². The molecule has 94 valence electrons. The highest BCUT2D eigenvalue weighted by Crippen LogP contribution is 2.50. The van der Waals surface area contributed by atoms with E-state index < -0.39 is 0 Å². The summed E-state index contributed by atoms with van der Waals surface area (Å²) in [5, 5.41) is 1.85. The molecule has 0 bridgehead atoms. The van der Waals surface area contributed by atoms with E-state index in [-0.39, 0.29) is 14.0 Å². The first-order chi connectivity index (χ1) is 7.29. The van der Waals surface area contributed by atoms with Crippen molar-refractivity contribution in [3.8, 4) is 0 Å². The molecule has 1 saturated carbocycles. The first kappa shape index (κ1) is 14.5. The van der Waals surface area contributed by atoms with Crippen molar-refractivity contribution in [2.45, 2.75) is 48.2 Å². The van der Waals surface area contributed by atoms with Crippen molar-refractivity contribution in [1.82, 2.24) is 0 Å². The Morgan fingerprint density at radius 1 is 1.38 bits per heavy atom. The highest BCUT2D eigenvalue weighted by molar-refractivity contribution is 8.23. The standard InChI is InChI=1S/C11H16OS3.CH4.H2/c1-2-10(12)13-7-11-14-8-5-3-4-6-9(8)15-11;;/h2,8-9,11H,1,3-7H2;1H4;1H. The number of thioether (sulfide) groups is 3. The van der Waals surface area contributed by atoms with Crippen LogP contribution in [0.5, 0.6) is 0 Å². The van der Waals surface area contributed by atoms with Crippen molar-refractivity contribution in [3.05, 3.63) is 12.7 Å². The quantitative estimate of drug-likeness (QED) is 0.710. The number of fused-ring (bicyclic) bond motifs is 1. The molecule has 2 rings (SSSR count). The second-order valence-corrected chi connectivity index (χ2v) is 8.11. The van der Waals surface area contributed by atoms with Gasteiger partial charge in [-0.15, -0.1) is 23.5 Å². The van der Waals surface area contributed by atoms with E-state index in [0.29, 0.717) is 4.58 Å². The van der Waals surface area contributed by atoms with Crippen LogP contribution in [0.25, 0.3) is 0 Å². The molecule has 1 heterocycles. The summed E-state index contributed by atoms with van der Waals surface area (Å²) in [7, 11) is 0. The van der Waals surface area contributed by atoms with Crippen LogP contribution in [0, 0.1) is 0 Å². The maximum absolute atomic E-state index is 11.1. The molecule has 2 atom stereocenters. The predicted octanol–water partition coefficient (Wildman–Crippen LogP) is 4.43. The summed E-state index contributed by atoms with van der Waals surface area (Å²) < 4.78 is 0.631. The molecule has 1 nitrogen and oxygen atoms in total. The molecule has 0 aromatic rings. The van der Waals surface area contributed by atoms with E-state index in [4.69, 9.17) is 0 Å². The van der Waals surface area contributed by atoms with Crippen LogP contribution in [-0.2, 0) is 4.79 Å². The van der Waals surface area contributed by atoms with Gasteiger partial charge in [-0.1, -0.05) is 38.6 Å². The third kappa shape index (κ3) is 3.74. The van der Waals surface area contributed by atoms with Crippen molar-refractivity contribution in [2.75, 3.05) is 5.75 Å². The minimum Gasteiger partial charge on any atom is -0.282 e. The van der Waals surface area contributed by atoms with Gasteiger partial charge in [0.2, 0.25) is 5.12 Å². The molecule has 0 aromatic carbocycles. The van der Waals surface area contributed by atoms with E-state index in [1.807, 2.05) is 0 Å². The molecule has 2 aliphatic rings. The Balaban J connectivity index is 0.00000128. The fourth-order valence-corrected chi connectivity index (χ4v) is 7.04. The van der Waals surface area contributed by atoms with Crippen LogP contribution in [0.2, 0.25) is 0 Å². The number of rotatable bonds is 3. The molecule has 0 N–H and O–H groups in total. The lowest BCUT2D eigenvalue weighted by molar-refractivity contribution is -0.107. The summed E-state index contributed by atoms with van der Waals surface area (Å²) >= 11 is 5.63. The van der Waals surface area contributed by atoms with Gasteiger partial charge in [-0.2, -0.15) is 0 Å². The Morgan fingerprint density at radius 2 is 1.94 bits per heavy atom. The molecule has 0 amide bonds. The average Bonchev–Trinajstić information content (AvgIpc) is 2.68. The molecule has 1 saturated heterocycles. The molecule has 1 aliphatic heterocycles. The number of carbonyl (C=O) groups is 1. The van der Waals surface area contributed by atoms with E-state index >= 15 is 0 Å². The smallest absolute Gasteiger partial charge is 0.211 e. The molecule has 2 fully saturated rings. The zero-order valence-corrected chi connectivity index (χ0v) is 11.1. The van der Waals surface area contributed by atoms with E-state index in [0.717, 1.165) is 16.3 Å². The average molecular weight is 279 g/mol. The number of hydrogen-bond donors (Lipinski definition) is 0. The third-order valence-corrected chi connectivity index (χ3v) is 7.80. The van der Waals surface area contributed by atoms with Crippen molar-refractivity contribution in [1.29, 1.82) is 0 Å². The molecular weight excluding hydrogens is 256 g/mol. The zero-order valence-electron chi connectivity index (χ0n) is 8.69. The minimum atomic E-state index is 0. The van der Waals surface area contributed by atoms with Gasteiger partial charge in [-0.05, 0) is 18.9 Å². The lowest BCUT2D eigenvalue weighted by Crippen LogP contribution is -2.19. The Morgan fingerprint density at radius 3 is 2.44 bits per heavy atom. The lowest BCUT2D eigenvalue weighted by atomic mass is 10.00. The van der Waals surface area contributed by atoms with E-state index in [1.165, 1.54) is 43.5 Å². The Kier molecular flexibility index (Phi) is 6.37. The molecule has 0 spiro atoms. The second kappa shape index (κ2) is 7.02. The predicted molar refractivity (Wildman–Crippen MR) is 81.5 cm³/mol. The summed E-state index contributed by atoms with van der Waals surface area (Å²) in [4.78, 5) is 11.1. The summed E-state index contributed by atoms with van der Waals surface area (Å²) in [5.74, 6) is 0.952. The zero-order chi connectivity index (χ0) is 10.7. The van der Waals surface area contributed by atoms with Gasteiger partial charge in [0.05, 0.1) is 4.58 Å². The molecule has 0 aromatic heterocycles. The SMILES string of the molecule is C.C=CC(=O)SCC1SC2CCCCC2S1.[HH]. The van der Waals surface area contributed by atoms with Crippen LogP contribution >= 0.6 is 35.3 Å². The monoisotopic (exact) mass is 278 g/mol. The van der Waals surface area contributed by atoms with E-state index in [1.54, 1.807) is 0 Å². The topological polar surface area (TPSA) is 17.1 Å². The summed E-state index contributed by atoms with van der Waals surface area (Å²) in [6.07, 6.45) is 7.00. The normalized spacial score (nSPS) is 32.6. The fourth-order valence-electron chi connectivity index (χ4n) is 2.08. The number of carbonyl (C=O) groups excluding carboxylic acids is 1. The van der Waals surface area contributed by atoms with Gasteiger partial charge in [0.15, 0.2) is 0 Å². The molecule has 0 radical (unpaired) electrons. The van der Waals surface area contributed by atoms with Gasteiger partial charge in [0.1, 0.15) is 0 Å². The van der Waals surface area contributed by atoms with Gasteiger partial charge >= 0.3 is 0 Å². The highest BCUT2D eigenvalue weighted by atomic mass is 32.2. The molecule has 2 unspecified atom stereocenters. The van der Waals surface area contributed by atoms with E-state index in [9.17, 15) is 4.79 Å². The number of hydrogen-bond acceptors (Lipinski definition) is 4. The fraction of sp³-hybridized carbons (Fsp3) is 0.750. The van der Waals surface area contributed by atoms with Crippen LogP contribution in [-0.4, -0.2) is 25.9 Å². The highest BCUT2D eigenvalue weighted by Gasteiger charge is 2.36. The van der Waals surface area contributed by atoms with Crippen molar-refractivity contribution in [2.24, 2.45) is 0 Å². The molecule has 1 aliphatic carbocycles. The maximum atomic E-state index is 11.1. The maximum Gasteiger partial charge on any atom is 0.211 e. The van der Waals surface area contributed by atoms with Gasteiger partial charge in [-0.25, -0.2) is 0 Å². The van der Waals surface area contributed by atoms with Gasteiger partial charge in [0.25, 0.3) is 0 Å². The van der Waals surface area contributed by atoms with Gasteiger partial charge < -0.3 is 0 Å². The van der Waals surface area contributed by atoms with Gasteiger partial charge in [-0.3, -0.25) is 4.79 Å². The van der Waals surface area contributed by atoms with Crippen LogP contribution in [0.1, 0.15) is 34.5 Å². The Hall–Kier alpha value is 0.460. The Bertz CT molecular complexity index is 246. The lowest BCUT2D eigenvalue weighted by Gasteiger charge is -2.22. The van der Waals surface area contributed by atoms with Crippen LogP contribution in [0.4, 0.5) is 0 Å². The molecule has 16 heavy (non-hydrogen) atoms. The van der Waals surface area contributed by atoms with Crippen molar-refractivity contribution in [3.63, 3.8) is 0 Å². The van der Waals surface area contributed by atoms with Crippen molar-refractivity contribution < 1.29 is 6.22 Å². The van der Waals surface area contributed by atoms with Crippen LogP contribution < -0.4 is 0 Å². The summed E-state index contributed by atoms with van der Waals surface area (Å²) in [5.41, 5.74) is 0. The second-order valence-electron chi connectivity index (χ2n) is 3.90. The Labute approximate surface area is 113 Å². The summed E-state index contributed by atoms with van der Waals surface area (Å²) in [6, 6.07) is 0. The van der Waals surface area contributed by atoms with Crippen LogP contribution in [0.15, 0.2) is 12.7 Å².